The first-order valence-electron chi connectivity index (χ1n) is 4.83. The molecule has 3 atom stereocenters. The Balaban J connectivity index is 2.31. The predicted octanol–water partition coefficient (Wildman–Crippen LogP) is 3.93. The van der Waals surface area contributed by atoms with E-state index in [0.29, 0.717) is 21.0 Å². The quantitative estimate of drug-likeness (QED) is 0.819. The average Bonchev–Trinajstić information content (AvgIpc) is 2.88. The molecule has 0 aliphatic heterocycles. The molecule has 0 saturated heterocycles. The molecule has 4 heteroatoms. The van der Waals surface area contributed by atoms with Crippen molar-refractivity contribution in [2.24, 2.45) is 11.8 Å². The van der Waals surface area contributed by atoms with E-state index in [2.05, 4.69) is 15.9 Å². The van der Waals surface area contributed by atoms with Crippen LogP contribution < -0.4 is 0 Å². The van der Waals surface area contributed by atoms with Gasteiger partial charge in [0.25, 0.3) is 0 Å². The highest BCUT2D eigenvalue weighted by molar-refractivity contribution is 9.10. The molecule has 1 saturated carbocycles. The molecule has 2 rings (SSSR count). The fourth-order valence-corrected chi connectivity index (χ4v) is 2.27. The van der Waals surface area contributed by atoms with Gasteiger partial charge in [0.15, 0.2) is 0 Å². The van der Waals surface area contributed by atoms with Crippen molar-refractivity contribution in [3.63, 3.8) is 0 Å². The van der Waals surface area contributed by atoms with E-state index in [0.717, 1.165) is 6.42 Å². The fourth-order valence-electron chi connectivity index (χ4n) is 1.79. The first-order chi connectivity index (χ1) is 7.00. The van der Waals surface area contributed by atoms with Crippen LogP contribution in [0.4, 0.5) is 4.39 Å². The molecule has 0 radical (unpaired) electrons. The molecular formula is C11H11BrClFO. The van der Waals surface area contributed by atoms with E-state index in [1.54, 1.807) is 0 Å². The van der Waals surface area contributed by atoms with Crippen molar-refractivity contribution in [3.8, 4) is 0 Å². The summed E-state index contributed by atoms with van der Waals surface area (Å²) in [5.41, 5.74) is 0.303. The standard InChI is InChI=1S/C11H11BrClFO/c1-5-2-6(5)11(15)7-3-9(13)8(12)4-10(7)14/h3-6,11,15H,2H2,1H3. The van der Waals surface area contributed by atoms with Crippen LogP contribution in [0.2, 0.25) is 5.02 Å². The molecule has 15 heavy (non-hydrogen) atoms. The van der Waals surface area contributed by atoms with Crippen LogP contribution in [-0.2, 0) is 0 Å². The minimum absolute atomic E-state index is 0.178. The van der Waals surface area contributed by atoms with Crippen molar-refractivity contribution in [1.29, 1.82) is 0 Å². The third kappa shape index (κ3) is 2.19. The molecule has 1 fully saturated rings. The van der Waals surface area contributed by atoms with Crippen LogP contribution in [0.25, 0.3) is 0 Å². The van der Waals surface area contributed by atoms with E-state index < -0.39 is 11.9 Å². The molecule has 0 aromatic heterocycles. The number of hydrogen-bond acceptors (Lipinski definition) is 1. The summed E-state index contributed by atoms with van der Waals surface area (Å²) in [6.45, 7) is 2.05. The number of aliphatic hydroxyl groups excluding tert-OH is 1. The molecule has 1 aromatic carbocycles. The summed E-state index contributed by atoms with van der Waals surface area (Å²) in [6.07, 6.45) is 0.222. The Morgan fingerprint density at radius 1 is 1.60 bits per heavy atom. The Morgan fingerprint density at radius 2 is 2.20 bits per heavy atom. The summed E-state index contributed by atoms with van der Waals surface area (Å²) in [6, 6.07) is 2.80. The molecule has 0 bridgehead atoms. The molecule has 3 unspecified atom stereocenters. The Bertz CT molecular complexity index is 396. The normalized spacial score (nSPS) is 26.5. The van der Waals surface area contributed by atoms with Crippen molar-refractivity contribution in [2.75, 3.05) is 0 Å². The fraction of sp³-hybridized carbons (Fsp3) is 0.455. The lowest BCUT2D eigenvalue weighted by molar-refractivity contribution is 0.144. The van der Waals surface area contributed by atoms with Crippen molar-refractivity contribution < 1.29 is 9.50 Å². The molecule has 0 amide bonds. The van der Waals surface area contributed by atoms with E-state index >= 15 is 0 Å². The zero-order valence-corrected chi connectivity index (χ0v) is 10.5. The van der Waals surface area contributed by atoms with E-state index in [-0.39, 0.29) is 5.92 Å². The van der Waals surface area contributed by atoms with Gasteiger partial charge in [-0.25, -0.2) is 4.39 Å². The zero-order valence-electron chi connectivity index (χ0n) is 8.17. The van der Waals surface area contributed by atoms with Gasteiger partial charge in [0.05, 0.1) is 11.1 Å². The minimum atomic E-state index is -0.731. The lowest BCUT2D eigenvalue weighted by Gasteiger charge is -2.12. The maximum absolute atomic E-state index is 13.5. The van der Waals surface area contributed by atoms with Gasteiger partial charge in [-0.05, 0) is 46.3 Å². The van der Waals surface area contributed by atoms with Crippen molar-refractivity contribution in [2.45, 2.75) is 19.4 Å². The lowest BCUT2D eigenvalue weighted by Crippen LogP contribution is -2.04. The third-order valence-corrected chi connectivity index (χ3v) is 4.13. The number of aliphatic hydroxyl groups is 1. The van der Waals surface area contributed by atoms with Gasteiger partial charge >= 0.3 is 0 Å². The van der Waals surface area contributed by atoms with Crippen molar-refractivity contribution >= 4 is 27.5 Å². The second kappa shape index (κ2) is 4.04. The second-order valence-electron chi connectivity index (χ2n) is 4.11. The number of rotatable bonds is 2. The van der Waals surface area contributed by atoms with Gasteiger partial charge in [-0.2, -0.15) is 0 Å². The molecular weight excluding hydrogens is 282 g/mol. The summed E-state index contributed by atoms with van der Waals surface area (Å²) >= 11 is 9.01. The van der Waals surface area contributed by atoms with Gasteiger partial charge < -0.3 is 5.11 Å². The zero-order chi connectivity index (χ0) is 11.2. The van der Waals surface area contributed by atoms with Crippen LogP contribution >= 0.6 is 27.5 Å². The Hall–Kier alpha value is -0.120. The maximum atomic E-state index is 13.5. The highest BCUT2D eigenvalue weighted by Gasteiger charge is 2.40. The third-order valence-electron chi connectivity index (χ3n) is 2.94. The van der Waals surface area contributed by atoms with Crippen molar-refractivity contribution in [3.05, 3.63) is 33.0 Å². The maximum Gasteiger partial charge on any atom is 0.130 e. The Labute approximate surface area is 101 Å². The number of benzene rings is 1. The summed E-state index contributed by atoms with van der Waals surface area (Å²) in [4.78, 5) is 0. The molecule has 0 heterocycles. The van der Waals surface area contributed by atoms with Gasteiger partial charge in [0.2, 0.25) is 0 Å². The smallest absolute Gasteiger partial charge is 0.130 e. The second-order valence-corrected chi connectivity index (χ2v) is 5.37. The molecule has 1 aliphatic rings. The minimum Gasteiger partial charge on any atom is -0.388 e. The molecule has 0 spiro atoms. The van der Waals surface area contributed by atoms with Crippen LogP contribution in [-0.4, -0.2) is 5.11 Å². The summed E-state index contributed by atoms with van der Waals surface area (Å²) < 4.78 is 14.1. The van der Waals surface area contributed by atoms with Gasteiger partial charge in [-0.15, -0.1) is 0 Å². The van der Waals surface area contributed by atoms with Crippen LogP contribution in [0, 0.1) is 17.7 Å². The van der Waals surface area contributed by atoms with Gasteiger partial charge in [-0.1, -0.05) is 18.5 Å². The molecule has 82 valence electrons. The summed E-state index contributed by atoms with van der Waals surface area (Å²) in [5, 5.41) is 10.3. The summed E-state index contributed by atoms with van der Waals surface area (Å²) in [7, 11) is 0. The molecule has 1 N–H and O–H groups in total. The van der Waals surface area contributed by atoms with Gasteiger partial charge in [-0.3, -0.25) is 0 Å². The average molecular weight is 294 g/mol. The Kier molecular flexibility index (Phi) is 3.06. The molecule has 1 aromatic rings. The number of halogens is 3. The van der Waals surface area contributed by atoms with E-state index in [4.69, 9.17) is 11.6 Å². The SMILES string of the molecule is CC1CC1C(O)c1cc(Cl)c(Br)cc1F. The largest absolute Gasteiger partial charge is 0.388 e. The van der Waals surface area contributed by atoms with Gasteiger partial charge in [0.1, 0.15) is 5.82 Å². The van der Waals surface area contributed by atoms with Crippen LogP contribution in [0.3, 0.4) is 0 Å². The van der Waals surface area contributed by atoms with Crippen LogP contribution in [0.15, 0.2) is 16.6 Å². The predicted molar refractivity (Wildman–Crippen MR) is 61.3 cm³/mol. The van der Waals surface area contributed by atoms with E-state index in [9.17, 15) is 9.50 Å². The van der Waals surface area contributed by atoms with Crippen LogP contribution in [0.5, 0.6) is 0 Å². The first-order valence-corrected chi connectivity index (χ1v) is 6.00. The van der Waals surface area contributed by atoms with Gasteiger partial charge in [0, 0.05) is 10.0 Å². The van der Waals surface area contributed by atoms with Crippen LogP contribution in [0.1, 0.15) is 25.0 Å². The van der Waals surface area contributed by atoms with Crippen molar-refractivity contribution in [1.82, 2.24) is 0 Å². The van der Waals surface area contributed by atoms with E-state index in [1.165, 1.54) is 12.1 Å². The lowest BCUT2D eigenvalue weighted by atomic mass is 10.0. The monoisotopic (exact) mass is 292 g/mol. The highest BCUT2D eigenvalue weighted by atomic mass is 79.9. The molecule has 1 aliphatic carbocycles. The highest BCUT2D eigenvalue weighted by Crippen LogP contribution is 2.47. The van der Waals surface area contributed by atoms with E-state index in [1.807, 2.05) is 6.92 Å². The first kappa shape index (κ1) is 11.4. The molecule has 1 nitrogen and oxygen atoms in total. The Morgan fingerprint density at radius 3 is 2.73 bits per heavy atom. The summed E-state index contributed by atoms with van der Waals surface area (Å²) in [5.74, 6) is 0.247. The number of hydrogen-bond donors (Lipinski definition) is 1. The topological polar surface area (TPSA) is 20.2 Å².